The first-order valence-electron chi connectivity index (χ1n) is 4.62. The summed E-state index contributed by atoms with van der Waals surface area (Å²) >= 11 is 5.81. The van der Waals surface area contributed by atoms with Gasteiger partial charge in [0.25, 0.3) is 0 Å². The van der Waals surface area contributed by atoms with E-state index in [2.05, 4.69) is 24.1 Å². The van der Waals surface area contributed by atoms with Crippen molar-refractivity contribution in [3.8, 4) is 0 Å². The Labute approximate surface area is 89.1 Å². The second kappa shape index (κ2) is 5.17. The fourth-order valence-electron chi connectivity index (χ4n) is 1.01. The maximum Gasteiger partial charge on any atom is 0.126 e. The Bertz CT molecular complexity index is 302. The highest BCUT2D eigenvalue weighted by Crippen LogP contribution is 2.17. The zero-order valence-electron chi connectivity index (χ0n) is 8.42. The van der Waals surface area contributed by atoms with E-state index in [-0.39, 0.29) is 6.61 Å². The molecular formula is C10H15ClN2O. The Morgan fingerprint density at radius 1 is 1.57 bits per heavy atom. The Balaban J connectivity index is 2.69. The highest BCUT2D eigenvalue weighted by molar-refractivity contribution is 6.31. The Morgan fingerprint density at radius 3 is 2.86 bits per heavy atom. The zero-order chi connectivity index (χ0) is 10.6. The normalized spacial score (nSPS) is 10.6. The molecule has 0 atom stereocenters. The third kappa shape index (κ3) is 3.16. The van der Waals surface area contributed by atoms with Crippen LogP contribution in [0.5, 0.6) is 0 Å². The van der Waals surface area contributed by atoms with Crippen LogP contribution in [-0.4, -0.2) is 16.6 Å². The summed E-state index contributed by atoms with van der Waals surface area (Å²) in [6, 6.07) is 1.77. The molecule has 0 aliphatic carbocycles. The Morgan fingerprint density at radius 2 is 2.29 bits per heavy atom. The van der Waals surface area contributed by atoms with Gasteiger partial charge in [0.05, 0.1) is 11.6 Å². The van der Waals surface area contributed by atoms with Crippen LogP contribution >= 0.6 is 11.6 Å². The molecule has 1 heterocycles. The molecule has 0 amide bonds. The lowest BCUT2D eigenvalue weighted by Gasteiger charge is -2.09. The number of hydrogen-bond donors (Lipinski definition) is 2. The number of nitrogens with one attached hydrogen (secondary N) is 1. The van der Waals surface area contributed by atoms with Gasteiger partial charge in [-0.25, -0.2) is 4.98 Å². The van der Waals surface area contributed by atoms with Gasteiger partial charge in [0, 0.05) is 18.3 Å². The predicted molar refractivity (Wildman–Crippen MR) is 58.5 cm³/mol. The van der Waals surface area contributed by atoms with Crippen LogP contribution in [-0.2, 0) is 6.61 Å². The number of hydrogen-bond acceptors (Lipinski definition) is 3. The molecule has 78 valence electrons. The number of anilines is 1. The molecule has 3 nitrogen and oxygen atoms in total. The van der Waals surface area contributed by atoms with E-state index in [1.54, 1.807) is 12.3 Å². The lowest BCUT2D eigenvalue weighted by atomic mass is 10.2. The van der Waals surface area contributed by atoms with E-state index in [1.165, 1.54) is 0 Å². The van der Waals surface area contributed by atoms with Crippen molar-refractivity contribution >= 4 is 17.4 Å². The van der Waals surface area contributed by atoms with Crippen LogP contribution in [0.2, 0.25) is 5.02 Å². The number of halogens is 1. The molecule has 1 aromatic heterocycles. The highest BCUT2D eigenvalue weighted by Gasteiger charge is 2.02. The molecule has 14 heavy (non-hydrogen) atoms. The molecule has 2 N–H and O–H groups in total. The second-order valence-corrected chi connectivity index (χ2v) is 4.00. The van der Waals surface area contributed by atoms with Crippen molar-refractivity contribution in [1.29, 1.82) is 0 Å². The van der Waals surface area contributed by atoms with Gasteiger partial charge in [-0.15, -0.1) is 0 Å². The molecule has 0 fully saturated rings. The van der Waals surface area contributed by atoms with Gasteiger partial charge in [0.2, 0.25) is 0 Å². The molecule has 0 spiro atoms. The van der Waals surface area contributed by atoms with E-state index in [4.69, 9.17) is 16.7 Å². The topological polar surface area (TPSA) is 45.1 Å². The maximum absolute atomic E-state index is 8.98. The van der Waals surface area contributed by atoms with E-state index < -0.39 is 0 Å². The van der Waals surface area contributed by atoms with Gasteiger partial charge in [0.1, 0.15) is 5.82 Å². The van der Waals surface area contributed by atoms with Gasteiger partial charge in [-0.2, -0.15) is 0 Å². The third-order valence-electron chi connectivity index (χ3n) is 1.80. The first kappa shape index (κ1) is 11.3. The van der Waals surface area contributed by atoms with Crippen molar-refractivity contribution in [1.82, 2.24) is 4.98 Å². The van der Waals surface area contributed by atoms with Crippen molar-refractivity contribution in [2.45, 2.75) is 20.5 Å². The Hall–Kier alpha value is -0.800. The first-order valence-corrected chi connectivity index (χ1v) is 5.00. The summed E-state index contributed by atoms with van der Waals surface area (Å²) in [6.45, 7) is 5.04. The van der Waals surface area contributed by atoms with Crippen molar-refractivity contribution in [3.05, 3.63) is 22.8 Å². The predicted octanol–water partition coefficient (Wildman–Crippen LogP) is 2.30. The number of nitrogens with zero attached hydrogens (tertiary/aromatic N) is 1. The monoisotopic (exact) mass is 214 g/mol. The maximum atomic E-state index is 8.98. The van der Waals surface area contributed by atoms with Gasteiger partial charge in [-0.1, -0.05) is 25.4 Å². The average molecular weight is 215 g/mol. The van der Waals surface area contributed by atoms with Crippen LogP contribution in [0, 0.1) is 5.92 Å². The molecule has 0 bridgehead atoms. The molecule has 4 heteroatoms. The van der Waals surface area contributed by atoms with E-state index in [9.17, 15) is 0 Å². The molecule has 0 saturated carbocycles. The number of aliphatic hydroxyl groups excluding tert-OH is 1. The summed E-state index contributed by atoms with van der Waals surface area (Å²) in [5.41, 5.74) is 0.702. The van der Waals surface area contributed by atoms with E-state index in [0.717, 1.165) is 12.4 Å². The van der Waals surface area contributed by atoms with Crippen LogP contribution < -0.4 is 5.32 Å². The molecule has 0 aromatic carbocycles. The molecule has 0 unspecified atom stereocenters. The number of pyridine rings is 1. The van der Waals surface area contributed by atoms with Crippen LogP contribution in [0.4, 0.5) is 5.82 Å². The van der Waals surface area contributed by atoms with E-state index >= 15 is 0 Å². The molecule has 1 aromatic rings. The highest BCUT2D eigenvalue weighted by atomic mass is 35.5. The van der Waals surface area contributed by atoms with Crippen molar-refractivity contribution in [3.63, 3.8) is 0 Å². The molecule has 0 aliphatic heterocycles. The largest absolute Gasteiger partial charge is 0.392 e. The smallest absolute Gasteiger partial charge is 0.126 e. The van der Waals surface area contributed by atoms with Crippen LogP contribution in [0.3, 0.4) is 0 Å². The van der Waals surface area contributed by atoms with Gasteiger partial charge in [-0.05, 0) is 12.0 Å². The second-order valence-electron chi connectivity index (χ2n) is 3.59. The lowest BCUT2D eigenvalue weighted by Crippen LogP contribution is -2.09. The van der Waals surface area contributed by atoms with Gasteiger partial charge < -0.3 is 10.4 Å². The van der Waals surface area contributed by atoms with E-state index in [1.807, 2.05) is 0 Å². The minimum Gasteiger partial charge on any atom is -0.392 e. The summed E-state index contributed by atoms with van der Waals surface area (Å²) < 4.78 is 0. The Kier molecular flexibility index (Phi) is 4.17. The average Bonchev–Trinajstić information content (AvgIpc) is 2.16. The van der Waals surface area contributed by atoms with Crippen molar-refractivity contribution in [2.75, 3.05) is 11.9 Å². The molecule has 0 radical (unpaired) electrons. The van der Waals surface area contributed by atoms with Crippen LogP contribution in [0.15, 0.2) is 12.3 Å². The molecule has 1 rings (SSSR count). The summed E-state index contributed by atoms with van der Waals surface area (Å²) in [6.07, 6.45) is 1.55. The SMILES string of the molecule is CC(C)CNc1cc(CO)c(Cl)cn1. The molecule has 0 saturated heterocycles. The van der Waals surface area contributed by atoms with E-state index in [0.29, 0.717) is 16.5 Å². The molecular weight excluding hydrogens is 200 g/mol. The summed E-state index contributed by atoms with van der Waals surface area (Å²) in [5, 5.41) is 12.6. The van der Waals surface area contributed by atoms with Gasteiger partial charge in [-0.3, -0.25) is 0 Å². The minimum absolute atomic E-state index is 0.0578. The fraction of sp³-hybridized carbons (Fsp3) is 0.500. The minimum atomic E-state index is -0.0578. The van der Waals surface area contributed by atoms with Crippen LogP contribution in [0.25, 0.3) is 0 Å². The fourth-order valence-corrected chi connectivity index (χ4v) is 1.17. The van der Waals surface area contributed by atoms with Gasteiger partial charge in [0.15, 0.2) is 0 Å². The third-order valence-corrected chi connectivity index (χ3v) is 2.14. The number of rotatable bonds is 4. The zero-order valence-corrected chi connectivity index (χ0v) is 9.17. The quantitative estimate of drug-likeness (QED) is 0.809. The molecule has 0 aliphatic rings. The lowest BCUT2D eigenvalue weighted by molar-refractivity contribution is 0.282. The van der Waals surface area contributed by atoms with Crippen molar-refractivity contribution in [2.24, 2.45) is 5.92 Å². The van der Waals surface area contributed by atoms with Gasteiger partial charge >= 0.3 is 0 Å². The number of aromatic nitrogens is 1. The number of aliphatic hydroxyl groups is 1. The van der Waals surface area contributed by atoms with Crippen molar-refractivity contribution < 1.29 is 5.11 Å². The first-order chi connectivity index (χ1) is 6.63. The van der Waals surface area contributed by atoms with Crippen LogP contribution in [0.1, 0.15) is 19.4 Å². The summed E-state index contributed by atoms with van der Waals surface area (Å²) in [7, 11) is 0. The standard InChI is InChI=1S/C10H15ClN2O/c1-7(2)4-12-10-3-8(6-14)9(11)5-13-10/h3,5,7,14H,4,6H2,1-2H3,(H,12,13). The summed E-state index contributed by atoms with van der Waals surface area (Å²) in [5.74, 6) is 1.32. The summed E-state index contributed by atoms with van der Waals surface area (Å²) in [4.78, 5) is 4.10.